The number of rotatable bonds is 1. The Morgan fingerprint density at radius 1 is 0.889 bits per heavy atom. The molecule has 0 saturated heterocycles. The normalized spacial score (nSPS) is 13.2. The van der Waals surface area contributed by atoms with Crippen molar-refractivity contribution in [2.24, 2.45) is 5.73 Å². The van der Waals surface area contributed by atoms with E-state index in [1.165, 1.54) is 11.1 Å². The van der Waals surface area contributed by atoms with E-state index in [1.54, 1.807) is 0 Å². The molecule has 0 fully saturated rings. The fraction of sp³-hybridized carbons (Fsp3) is 0. The smallest absolute Gasteiger partial charge is 0.100 e. The molecule has 1 heterocycles. The van der Waals surface area contributed by atoms with Gasteiger partial charge < -0.3 is 11.1 Å². The van der Waals surface area contributed by atoms with Crippen molar-refractivity contribution in [3.63, 3.8) is 0 Å². The zero-order chi connectivity index (χ0) is 12.4. The number of hydrogen-bond donors (Lipinski definition) is 2. The average molecular weight is 234 g/mol. The molecular weight excluding hydrogens is 220 g/mol. The lowest BCUT2D eigenvalue weighted by Crippen LogP contribution is -2.08. The summed E-state index contributed by atoms with van der Waals surface area (Å²) < 4.78 is 0. The Balaban J connectivity index is 2.07. The third-order valence-electron chi connectivity index (χ3n) is 2.99. The Hall–Kier alpha value is -2.48. The van der Waals surface area contributed by atoms with E-state index in [9.17, 15) is 0 Å². The Morgan fingerprint density at radius 2 is 1.72 bits per heavy atom. The molecule has 0 saturated carbocycles. The van der Waals surface area contributed by atoms with E-state index in [2.05, 4.69) is 41.7 Å². The largest absolute Gasteiger partial charge is 0.385 e. The standard InChI is InChI=1S/C16H14N2/c17-16-8-4-7-13-9-10-14(11-15(13)18-16)12-5-2-1-3-6-12/h1-11,18H,17H2. The maximum absolute atomic E-state index is 5.84. The van der Waals surface area contributed by atoms with Crippen molar-refractivity contribution in [2.75, 3.05) is 5.32 Å². The van der Waals surface area contributed by atoms with Crippen LogP contribution in [0.15, 0.2) is 66.5 Å². The van der Waals surface area contributed by atoms with Gasteiger partial charge in [-0.05, 0) is 28.8 Å². The van der Waals surface area contributed by atoms with Gasteiger partial charge in [0, 0.05) is 5.69 Å². The lowest BCUT2D eigenvalue weighted by molar-refractivity contribution is 1.31. The molecule has 18 heavy (non-hydrogen) atoms. The summed E-state index contributed by atoms with van der Waals surface area (Å²) in [4.78, 5) is 0. The SMILES string of the molecule is NC1=CC=Cc2ccc(-c3ccccc3)cc2N1. The van der Waals surface area contributed by atoms with Crippen LogP contribution in [0, 0.1) is 0 Å². The second kappa shape index (κ2) is 4.41. The molecule has 0 unspecified atom stereocenters. The molecule has 2 heteroatoms. The van der Waals surface area contributed by atoms with Crippen molar-refractivity contribution in [3.8, 4) is 11.1 Å². The van der Waals surface area contributed by atoms with Gasteiger partial charge in [-0.25, -0.2) is 0 Å². The topological polar surface area (TPSA) is 38.0 Å². The van der Waals surface area contributed by atoms with Gasteiger partial charge in [0.05, 0.1) is 0 Å². The molecule has 1 aliphatic heterocycles. The van der Waals surface area contributed by atoms with Gasteiger partial charge in [0.25, 0.3) is 0 Å². The van der Waals surface area contributed by atoms with Gasteiger partial charge >= 0.3 is 0 Å². The molecule has 0 amide bonds. The van der Waals surface area contributed by atoms with Crippen LogP contribution in [0.4, 0.5) is 5.69 Å². The Morgan fingerprint density at radius 3 is 2.56 bits per heavy atom. The van der Waals surface area contributed by atoms with Gasteiger partial charge in [0.15, 0.2) is 0 Å². The van der Waals surface area contributed by atoms with Gasteiger partial charge in [-0.2, -0.15) is 0 Å². The molecule has 2 aromatic carbocycles. The van der Waals surface area contributed by atoms with E-state index < -0.39 is 0 Å². The Kier molecular flexibility index (Phi) is 2.61. The van der Waals surface area contributed by atoms with Crippen molar-refractivity contribution in [1.82, 2.24) is 0 Å². The molecule has 2 nitrogen and oxygen atoms in total. The Bertz CT molecular complexity index is 625. The van der Waals surface area contributed by atoms with Gasteiger partial charge in [-0.3, -0.25) is 0 Å². The molecular formula is C16H14N2. The van der Waals surface area contributed by atoms with Gasteiger partial charge in [-0.15, -0.1) is 0 Å². The molecule has 2 aromatic rings. The summed E-state index contributed by atoms with van der Waals surface area (Å²) in [6.07, 6.45) is 5.87. The summed E-state index contributed by atoms with van der Waals surface area (Å²) in [5.41, 5.74) is 10.4. The number of allylic oxidation sites excluding steroid dienone is 2. The predicted molar refractivity (Wildman–Crippen MR) is 76.8 cm³/mol. The summed E-state index contributed by atoms with van der Waals surface area (Å²) in [6, 6.07) is 16.7. The average Bonchev–Trinajstić information content (AvgIpc) is 2.59. The maximum atomic E-state index is 5.84. The summed E-state index contributed by atoms with van der Waals surface area (Å²) in [5, 5.41) is 3.21. The summed E-state index contributed by atoms with van der Waals surface area (Å²) in [7, 11) is 0. The number of anilines is 1. The summed E-state index contributed by atoms with van der Waals surface area (Å²) >= 11 is 0. The van der Waals surface area contributed by atoms with Crippen molar-refractivity contribution in [1.29, 1.82) is 0 Å². The van der Waals surface area contributed by atoms with Crippen LogP contribution in [-0.2, 0) is 0 Å². The molecule has 0 atom stereocenters. The quantitative estimate of drug-likeness (QED) is 0.791. The minimum atomic E-state index is 0.662. The first-order valence-corrected chi connectivity index (χ1v) is 5.93. The van der Waals surface area contributed by atoms with Crippen LogP contribution in [0.5, 0.6) is 0 Å². The van der Waals surface area contributed by atoms with Crippen LogP contribution in [0.1, 0.15) is 5.56 Å². The van der Waals surface area contributed by atoms with E-state index in [0.717, 1.165) is 11.3 Å². The first-order chi connectivity index (χ1) is 8.83. The monoisotopic (exact) mass is 234 g/mol. The van der Waals surface area contributed by atoms with Crippen molar-refractivity contribution in [2.45, 2.75) is 0 Å². The first-order valence-electron chi connectivity index (χ1n) is 5.93. The highest BCUT2D eigenvalue weighted by Crippen LogP contribution is 2.28. The zero-order valence-corrected chi connectivity index (χ0v) is 9.93. The molecule has 1 aliphatic rings. The molecule has 3 rings (SSSR count). The van der Waals surface area contributed by atoms with E-state index in [0.29, 0.717) is 5.82 Å². The number of nitrogens with one attached hydrogen (secondary N) is 1. The molecule has 0 radical (unpaired) electrons. The van der Waals surface area contributed by atoms with Crippen LogP contribution in [0.3, 0.4) is 0 Å². The fourth-order valence-corrected chi connectivity index (χ4v) is 2.07. The van der Waals surface area contributed by atoms with Crippen molar-refractivity contribution >= 4 is 11.8 Å². The highest BCUT2D eigenvalue weighted by molar-refractivity contribution is 5.77. The minimum Gasteiger partial charge on any atom is -0.385 e. The van der Waals surface area contributed by atoms with Crippen molar-refractivity contribution in [3.05, 3.63) is 72.1 Å². The molecule has 0 aliphatic carbocycles. The molecule has 0 spiro atoms. The number of nitrogens with two attached hydrogens (primary N) is 1. The maximum Gasteiger partial charge on any atom is 0.100 e. The number of hydrogen-bond acceptors (Lipinski definition) is 2. The van der Waals surface area contributed by atoms with E-state index >= 15 is 0 Å². The first kappa shape index (κ1) is 10.7. The van der Waals surface area contributed by atoms with Crippen LogP contribution in [0.25, 0.3) is 17.2 Å². The second-order valence-electron chi connectivity index (χ2n) is 4.27. The highest BCUT2D eigenvalue weighted by atomic mass is 15.0. The number of fused-ring (bicyclic) bond motifs is 1. The third kappa shape index (κ3) is 2.00. The zero-order valence-electron chi connectivity index (χ0n) is 9.93. The number of benzene rings is 2. The van der Waals surface area contributed by atoms with E-state index in [-0.39, 0.29) is 0 Å². The lowest BCUT2D eigenvalue weighted by atomic mass is 10.0. The lowest BCUT2D eigenvalue weighted by Gasteiger charge is -2.10. The molecule has 88 valence electrons. The minimum absolute atomic E-state index is 0.662. The fourth-order valence-electron chi connectivity index (χ4n) is 2.07. The summed E-state index contributed by atoms with van der Waals surface area (Å²) in [6.45, 7) is 0. The highest BCUT2D eigenvalue weighted by Gasteiger charge is 2.05. The van der Waals surface area contributed by atoms with Crippen LogP contribution in [-0.4, -0.2) is 0 Å². The van der Waals surface area contributed by atoms with Crippen LogP contribution >= 0.6 is 0 Å². The van der Waals surface area contributed by atoms with E-state index in [1.807, 2.05) is 30.4 Å². The predicted octanol–water partition coefficient (Wildman–Crippen LogP) is 3.59. The molecule has 3 N–H and O–H groups in total. The van der Waals surface area contributed by atoms with Gasteiger partial charge in [0.2, 0.25) is 0 Å². The van der Waals surface area contributed by atoms with Crippen LogP contribution < -0.4 is 11.1 Å². The van der Waals surface area contributed by atoms with Gasteiger partial charge in [0.1, 0.15) is 5.82 Å². The molecule has 0 bridgehead atoms. The second-order valence-corrected chi connectivity index (χ2v) is 4.27. The van der Waals surface area contributed by atoms with Crippen molar-refractivity contribution < 1.29 is 0 Å². The van der Waals surface area contributed by atoms with Crippen LogP contribution in [0.2, 0.25) is 0 Å². The van der Waals surface area contributed by atoms with Gasteiger partial charge in [-0.1, -0.05) is 54.6 Å². The third-order valence-corrected chi connectivity index (χ3v) is 2.99. The summed E-state index contributed by atoms with van der Waals surface area (Å²) in [5.74, 6) is 0.662. The Labute approximate surface area is 106 Å². The van der Waals surface area contributed by atoms with E-state index in [4.69, 9.17) is 5.73 Å². The molecule has 0 aromatic heterocycles.